The summed E-state index contributed by atoms with van der Waals surface area (Å²) in [7, 11) is 1.54. The molecule has 1 aliphatic rings. The second kappa shape index (κ2) is 9.85. The van der Waals surface area contributed by atoms with Crippen molar-refractivity contribution in [2.45, 2.75) is 18.9 Å². The molecule has 8 heteroatoms. The van der Waals surface area contributed by atoms with Crippen LogP contribution in [-0.4, -0.2) is 49.6 Å². The fourth-order valence-corrected chi connectivity index (χ4v) is 3.65. The third kappa shape index (κ3) is 5.55. The van der Waals surface area contributed by atoms with Gasteiger partial charge in [-0.3, -0.25) is 9.59 Å². The maximum Gasteiger partial charge on any atom is 0.260 e. The fraction of sp³-hybridized carbons (Fsp3) is 0.333. The standard InChI is InChI=1S/C21H22Cl2N2O4/c1-28-18-5-3-2-4-16(18)21(27)24-15-8-10-25(11-9-15)20(26)13-29-19-7-6-14(22)12-17(19)23/h2-7,12,15H,8-11,13H2,1H3,(H,24,27). The smallest absolute Gasteiger partial charge is 0.260 e. The molecule has 3 rings (SSSR count). The Balaban J connectivity index is 1.47. The lowest BCUT2D eigenvalue weighted by Crippen LogP contribution is -2.47. The average Bonchev–Trinajstić information content (AvgIpc) is 2.73. The molecule has 1 heterocycles. The zero-order chi connectivity index (χ0) is 20.8. The van der Waals surface area contributed by atoms with Crippen LogP contribution in [0, 0.1) is 0 Å². The molecule has 29 heavy (non-hydrogen) atoms. The van der Waals surface area contributed by atoms with E-state index in [-0.39, 0.29) is 24.5 Å². The largest absolute Gasteiger partial charge is 0.496 e. The lowest BCUT2D eigenvalue weighted by atomic mass is 10.0. The van der Waals surface area contributed by atoms with Crippen LogP contribution in [0.3, 0.4) is 0 Å². The maximum atomic E-state index is 12.5. The highest BCUT2D eigenvalue weighted by Gasteiger charge is 2.25. The number of hydrogen-bond donors (Lipinski definition) is 1. The highest BCUT2D eigenvalue weighted by molar-refractivity contribution is 6.35. The van der Waals surface area contributed by atoms with Crippen LogP contribution >= 0.6 is 23.2 Å². The number of hydrogen-bond acceptors (Lipinski definition) is 4. The van der Waals surface area contributed by atoms with Crippen LogP contribution in [0.25, 0.3) is 0 Å². The van der Waals surface area contributed by atoms with E-state index in [0.717, 1.165) is 0 Å². The molecule has 0 radical (unpaired) electrons. The first-order valence-corrected chi connectivity index (χ1v) is 10.0. The zero-order valence-corrected chi connectivity index (χ0v) is 17.5. The molecule has 2 amide bonds. The minimum Gasteiger partial charge on any atom is -0.496 e. The van der Waals surface area contributed by atoms with Gasteiger partial charge in [-0.1, -0.05) is 35.3 Å². The molecule has 2 aromatic carbocycles. The average molecular weight is 437 g/mol. The predicted molar refractivity (Wildman–Crippen MR) is 112 cm³/mol. The molecule has 0 bridgehead atoms. The van der Waals surface area contributed by atoms with Crippen molar-refractivity contribution < 1.29 is 19.1 Å². The zero-order valence-electron chi connectivity index (χ0n) is 16.0. The highest BCUT2D eigenvalue weighted by atomic mass is 35.5. The molecule has 0 aliphatic carbocycles. The number of nitrogens with zero attached hydrogens (tertiary/aromatic N) is 1. The highest BCUT2D eigenvalue weighted by Crippen LogP contribution is 2.27. The number of carbonyl (C=O) groups excluding carboxylic acids is 2. The number of carbonyl (C=O) groups is 2. The van der Waals surface area contributed by atoms with Crippen molar-refractivity contribution >= 4 is 35.0 Å². The Bertz CT molecular complexity index is 883. The summed E-state index contributed by atoms with van der Waals surface area (Å²) in [6, 6.07) is 12.0. The topological polar surface area (TPSA) is 67.9 Å². The number of para-hydroxylation sites is 1. The van der Waals surface area contributed by atoms with Gasteiger partial charge in [0.15, 0.2) is 6.61 Å². The Morgan fingerprint density at radius 3 is 2.52 bits per heavy atom. The second-order valence-electron chi connectivity index (χ2n) is 6.69. The van der Waals surface area contributed by atoms with Gasteiger partial charge in [0.25, 0.3) is 11.8 Å². The molecule has 0 aromatic heterocycles. The van der Waals surface area contributed by atoms with Gasteiger partial charge in [-0.05, 0) is 43.2 Å². The molecule has 0 atom stereocenters. The number of likely N-dealkylation sites (tertiary alicyclic amines) is 1. The molecule has 1 saturated heterocycles. The second-order valence-corrected chi connectivity index (χ2v) is 7.54. The van der Waals surface area contributed by atoms with Crippen LogP contribution in [-0.2, 0) is 4.79 Å². The van der Waals surface area contributed by atoms with Gasteiger partial charge in [-0.15, -0.1) is 0 Å². The summed E-state index contributed by atoms with van der Waals surface area (Å²) >= 11 is 11.9. The Hall–Kier alpha value is -2.44. The van der Waals surface area contributed by atoms with Gasteiger partial charge in [0.05, 0.1) is 17.7 Å². The van der Waals surface area contributed by atoms with E-state index in [0.29, 0.717) is 53.0 Å². The molecule has 154 valence electrons. The summed E-state index contributed by atoms with van der Waals surface area (Å²) in [5.41, 5.74) is 0.502. The molecule has 6 nitrogen and oxygen atoms in total. The lowest BCUT2D eigenvalue weighted by Gasteiger charge is -2.32. The maximum absolute atomic E-state index is 12.5. The Morgan fingerprint density at radius 2 is 1.83 bits per heavy atom. The van der Waals surface area contributed by atoms with Gasteiger partial charge in [-0.2, -0.15) is 0 Å². The molecule has 1 aliphatic heterocycles. The van der Waals surface area contributed by atoms with Crippen LogP contribution in [0.5, 0.6) is 11.5 Å². The van der Waals surface area contributed by atoms with Gasteiger partial charge in [0.2, 0.25) is 0 Å². The first-order chi connectivity index (χ1) is 14.0. The van der Waals surface area contributed by atoms with E-state index in [1.165, 1.54) is 7.11 Å². The molecule has 0 unspecified atom stereocenters. The van der Waals surface area contributed by atoms with Gasteiger partial charge < -0.3 is 19.7 Å². The summed E-state index contributed by atoms with van der Waals surface area (Å²) < 4.78 is 10.8. The molecule has 1 N–H and O–H groups in total. The SMILES string of the molecule is COc1ccccc1C(=O)NC1CCN(C(=O)COc2ccc(Cl)cc2Cl)CC1. The number of benzene rings is 2. The van der Waals surface area contributed by atoms with E-state index in [2.05, 4.69) is 5.32 Å². The quantitative estimate of drug-likeness (QED) is 0.747. The van der Waals surface area contributed by atoms with Crippen molar-refractivity contribution in [3.8, 4) is 11.5 Å². The number of methoxy groups -OCH3 is 1. The molecule has 1 fully saturated rings. The molecular weight excluding hydrogens is 415 g/mol. The Kier molecular flexibility index (Phi) is 7.23. The van der Waals surface area contributed by atoms with Crippen molar-refractivity contribution in [2.24, 2.45) is 0 Å². The number of halogens is 2. The van der Waals surface area contributed by atoms with Crippen molar-refractivity contribution in [2.75, 3.05) is 26.8 Å². The van der Waals surface area contributed by atoms with Gasteiger partial charge in [0, 0.05) is 24.2 Å². The van der Waals surface area contributed by atoms with E-state index < -0.39 is 0 Å². The summed E-state index contributed by atoms with van der Waals surface area (Å²) in [6.45, 7) is 1.00. The third-order valence-corrected chi connectivity index (χ3v) is 5.31. The molecular formula is C21H22Cl2N2O4. The first kappa shape index (κ1) is 21.3. The van der Waals surface area contributed by atoms with Crippen LogP contribution in [0.1, 0.15) is 23.2 Å². The minimum atomic E-state index is -0.173. The van der Waals surface area contributed by atoms with Crippen LogP contribution in [0.2, 0.25) is 10.0 Å². The van der Waals surface area contributed by atoms with Crippen molar-refractivity contribution in [3.05, 3.63) is 58.1 Å². The van der Waals surface area contributed by atoms with Crippen LogP contribution in [0.4, 0.5) is 0 Å². The Labute approximate surface area is 179 Å². The van der Waals surface area contributed by atoms with E-state index in [1.807, 2.05) is 6.07 Å². The molecule has 0 saturated carbocycles. The van der Waals surface area contributed by atoms with E-state index in [4.69, 9.17) is 32.7 Å². The molecule has 2 aromatic rings. The third-order valence-electron chi connectivity index (χ3n) is 4.78. The minimum absolute atomic E-state index is 0.00286. The van der Waals surface area contributed by atoms with Gasteiger partial charge in [0.1, 0.15) is 11.5 Å². The number of nitrogens with one attached hydrogen (secondary N) is 1. The number of amides is 2. The van der Waals surface area contributed by atoms with Crippen LogP contribution in [0.15, 0.2) is 42.5 Å². The normalized spacial score (nSPS) is 14.4. The van der Waals surface area contributed by atoms with Gasteiger partial charge in [-0.25, -0.2) is 0 Å². The predicted octanol–water partition coefficient (Wildman–Crippen LogP) is 3.80. The first-order valence-electron chi connectivity index (χ1n) is 9.27. The summed E-state index contributed by atoms with van der Waals surface area (Å²) in [5, 5.41) is 3.89. The lowest BCUT2D eigenvalue weighted by molar-refractivity contribution is -0.134. The fourth-order valence-electron chi connectivity index (χ4n) is 3.19. The van der Waals surface area contributed by atoms with E-state index >= 15 is 0 Å². The summed E-state index contributed by atoms with van der Waals surface area (Å²) in [5.74, 6) is 0.664. The monoisotopic (exact) mass is 436 g/mol. The van der Waals surface area contributed by atoms with Crippen molar-refractivity contribution in [3.63, 3.8) is 0 Å². The van der Waals surface area contributed by atoms with E-state index in [1.54, 1.807) is 41.3 Å². The summed E-state index contributed by atoms with van der Waals surface area (Å²) in [6.07, 6.45) is 1.35. The molecule has 0 spiro atoms. The Morgan fingerprint density at radius 1 is 1.10 bits per heavy atom. The van der Waals surface area contributed by atoms with Crippen molar-refractivity contribution in [1.82, 2.24) is 10.2 Å². The number of piperidine rings is 1. The number of rotatable bonds is 6. The van der Waals surface area contributed by atoms with E-state index in [9.17, 15) is 9.59 Å². The van der Waals surface area contributed by atoms with Crippen LogP contribution < -0.4 is 14.8 Å². The summed E-state index contributed by atoms with van der Waals surface area (Å²) in [4.78, 5) is 26.7. The number of ether oxygens (including phenoxy) is 2. The van der Waals surface area contributed by atoms with Gasteiger partial charge >= 0.3 is 0 Å². The van der Waals surface area contributed by atoms with Crippen molar-refractivity contribution in [1.29, 1.82) is 0 Å².